The maximum absolute atomic E-state index is 12.9. The zero-order valence-corrected chi connectivity index (χ0v) is 16.5. The molecule has 28 heavy (non-hydrogen) atoms. The van der Waals surface area contributed by atoms with Gasteiger partial charge in [-0.05, 0) is 30.5 Å². The van der Waals surface area contributed by atoms with Crippen molar-refractivity contribution in [3.63, 3.8) is 0 Å². The molecule has 0 atom stereocenters. The molecule has 0 fully saturated rings. The summed E-state index contributed by atoms with van der Waals surface area (Å²) in [6.45, 7) is 4.72. The number of carbonyl (C=O) groups is 1. The number of rotatable bonds is 9. The summed E-state index contributed by atoms with van der Waals surface area (Å²) in [5, 5.41) is 3.98. The molecule has 0 radical (unpaired) electrons. The Kier molecular flexibility index (Phi) is 6.95. The van der Waals surface area contributed by atoms with E-state index >= 15 is 0 Å². The Morgan fingerprint density at radius 3 is 2.32 bits per heavy atom. The minimum Gasteiger partial charge on any atom is -0.339 e. The van der Waals surface area contributed by atoms with Gasteiger partial charge in [0.25, 0.3) is 0 Å². The van der Waals surface area contributed by atoms with E-state index < -0.39 is 0 Å². The fourth-order valence-electron chi connectivity index (χ4n) is 3.02. The van der Waals surface area contributed by atoms with Crippen LogP contribution in [0.2, 0.25) is 0 Å². The van der Waals surface area contributed by atoms with Gasteiger partial charge < -0.3 is 9.42 Å². The minimum atomic E-state index is 0.116. The Hall–Kier alpha value is -2.95. The second kappa shape index (κ2) is 9.83. The molecule has 1 amide bonds. The third-order valence-electron chi connectivity index (χ3n) is 4.62. The molecule has 2 aromatic carbocycles. The topological polar surface area (TPSA) is 59.2 Å². The van der Waals surface area contributed by atoms with Gasteiger partial charge in [0.05, 0.1) is 0 Å². The van der Waals surface area contributed by atoms with E-state index in [1.165, 1.54) is 5.56 Å². The van der Waals surface area contributed by atoms with Crippen LogP contribution in [0.25, 0.3) is 0 Å². The normalized spacial score (nSPS) is 11.0. The van der Waals surface area contributed by atoms with Crippen molar-refractivity contribution in [2.45, 2.75) is 45.4 Å². The summed E-state index contributed by atoms with van der Waals surface area (Å²) in [5.41, 5.74) is 2.16. The van der Waals surface area contributed by atoms with Gasteiger partial charge in [-0.15, -0.1) is 0 Å². The van der Waals surface area contributed by atoms with Gasteiger partial charge in [-0.1, -0.05) is 67.5 Å². The number of aryl methyl sites for hydroxylation is 1. The molecule has 0 spiro atoms. The molecule has 0 bridgehead atoms. The number of para-hydroxylation sites is 1. The van der Waals surface area contributed by atoms with E-state index in [4.69, 9.17) is 4.52 Å². The molecule has 0 unspecified atom stereocenters. The Morgan fingerprint density at radius 1 is 1.00 bits per heavy atom. The Labute approximate surface area is 166 Å². The molecule has 0 aliphatic rings. The van der Waals surface area contributed by atoms with E-state index in [1.54, 1.807) is 0 Å². The predicted molar refractivity (Wildman–Crippen MR) is 110 cm³/mol. The summed E-state index contributed by atoms with van der Waals surface area (Å²) >= 11 is 0. The van der Waals surface area contributed by atoms with Gasteiger partial charge >= 0.3 is 0 Å². The average Bonchev–Trinajstić information content (AvgIpc) is 3.19. The molecular weight excluding hydrogens is 350 g/mol. The third-order valence-corrected chi connectivity index (χ3v) is 4.62. The van der Waals surface area contributed by atoms with Crippen LogP contribution in [-0.2, 0) is 17.6 Å². The lowest BCUT2D eigenvalue weighted by molar-refractivity contribution is -0.118. The monoisotopic (exact) mass is 377 g/mol. The summed E-state index contributed by atoms with van der Waals surface area (Å²) in [6.07, 6.45) is 2.58. The smallest absolute Gasteiger partial charge is 0.227 e. The van der Waals surface area contributed by atoms with Crippen molar-refractivity contribution in [2.75, 3.05) is 11.4 Å². The second-order valence-electron chi connectivity index (χ2n) is 7.17. The summed E-state index contributed by atoms with van der Waals surface area (Å²) in [5.74, 6) is 1.68. The molecule has 0 N–H and O–H groups in total. The number of benzene rings is 2. The Bertz CT molecular complexity index is 860. The molecule has 146 valence electrons. The van der Waals surface area contributed by atoms with Crippen molar-refractivity contribution in [3.8, 4) is 0 Å². The Balaban J connectivity index is 1.59. The molecule has 0 aliphatic heterocycles. The van der Waals surface area contributed by atoms with Crippen LogP contribution in [0.4, 0.5) is 5.69 Å². The standard InChI is InChI=1S/C23H27N3O2/c1-18(2)23-24-21(28-25-23)14-9-15-22(27)26(20-12-7-4-8-13-20)17-16-19-10-5-3-6-11-19/h3-8,10-13,18H,9,14-17H2,1-2H3. The van der Waals surface area contributed by atoms with Crippen molar-refractivity contribution in [3.05, 3.63) is 77.9 Å². The number of aromatic nitrogens is 2. The van der Waals surface area contributed by atoms with Crippen molar-refractivity contribution in [1.29, 1.82) is 0 Å². The molecule has 1 aromatic heterocycles. The van der Waals surface area contributed by atoms with Gasteiger partial charge in [0.2, 0.25) is 11.8 Å². The largest absolute Gasteiger partial charge is 0.339 e. The molecule has 1 heterocycles. The fourth-order valence-corrected chi connectivity index (χ4v) is 3.02. The zero-order valence-electron chi connectivity index (χ0n) is 16.5. The van der Waals surface area contributed by atoms with Crippen LogP contribution in [0.15, 0.2) is 65.2 Å². The van der Waals surface area contributed by atoms with Gasteiger partial charge in [-0.3, -0.25) is 4.79 Å². The summed E-state index contributed by atoms with van der Waals surface area (Å²) in [4.78, 5) is 19.2. The first-order valence-electron chi connectivity index (χ1n) is 9.85. The molecule has 5 nitrogen and oxygen atoms in total. The zero-order chi connectivity index (χ0) is 19.8. The van der Waals surface area contributed by atoms with Gasteiger partial charge in [0.15, 0.2) is 5.82 Å². The van der Waals surface area contributed by atoms with Crippen molar-refractivity contribution < 1.29 is 9.32 Å². The highest BCUT2D eigenvalue weighted by Crippen LogP contribution is 2.17. The molecule has 5 heteroatoms. The molecule has 0 aliphatic carbocycles. The van der Waals surface area contributed by atoms with Crippen LogP contribution in [0.3, 0.4) is 0 Å². The first-order chi connectivity index (χ1) is 13.6. The van der Waals surface area contributed by atoms with E-state index in [1.807, 2.05) is 67.3 Å². The number of carbonyl (C=O) groups excluding carboxylic acids is 1. The van der Waals surface area contributed by atoms with E-state index in [0.717, 1.165) is 17.9 Å². The summed E-state index contributed by atoms with van der Waals surface area (Å²) in [6, 6.07) is 20.1. The van der Waals surface area contributed by atoms with E-state index in [9.17, 15) is 4.79 Å². The van der Waals surface area contributed by atoms with Gasteiger partial charge in [0, 0.05) is 31.0 Å². The van der Waals surface area contributed by atoms with E-state index in [-0.39, 0.29) is 11.8 Å². The number of amides is 1. The molecule has 0 saturated heterocycles. The molecule has 0 saturated carbocycles. The SMILES string of the molecule is CC(C)c1noc(CCCC(=O)N(CCc2ccccc2)c2ccccc2)n1. The van der Waals surface area contributed by atoms with Crippen molar-refractivity contribution >= 4 is 11.6 Å². The Morgan fingerprint density at radius 2 is 1.68 bits per heavy atom. The van der Waals surface area contributed by atoms with E-state index in [0.29, 0.717) is 31.7 Å². The number of anilines is 1. The first-order valence-corrected chi connectivity index (χ1v) is 9.85. The van der Waals surface area contributed by atoms with E-state index in [2.05, 4.69) is 22.3 Å². The maximum Gasteiger partial charge on any atom is 0.227 e. The lowest BCUT2D eigenvalue weighted by Gasteiger charge is -2.23. The number of hydrogen-bond acceptors (Lipinski definition) is 4. The highest BCUT2D eigenvalue weighted by molar-refractivity contribution is 5.93. The quantitative estimate of drug-likeness (QED) is 0.538. The predicted octanol–water partition coefficient (Wildman–Crippen LogP) is 4.79. The molecule has 3 aromatic rings. The first kappa shape index (κ1) is 19.8. The maximum atomic E-state index is 12.9. The van der Waals surface area contributed by atoms with Crippen LogP contribution in [0.5, 0.6) is 0 Å². The highest BCUT2D eigenvalue weighted by atomic mass is 16.5. The third kappa shape index (κ3) is 5.52. The van der Waals surface area contributed by atoms with Crippen LogP contribution >= 0.6 is 0 Å². The summed E-state index contributed by atoms with van der Waals surface area (Å²) in [7, 11) is 0. The van der Waals surface area contributed by atoms with Crippen molar-refractivity contribution in [2.24, 2.45) is 0 Å². The van der Waals surface area contributed by atoms with Gasteiger partial charge in [-0.25, -0.2) is 0 Å². The molecular formula is C23H27N3O2. The van der Waals surface area contributed by atoms with Crippen molar-refractivity contribution in [1.82, 2.24) is 10.1 Å². The molecule has 3 rings (SSSR count). The lowest BCUT2D eigenvalue weighted by Crippen LogP contribution is -2.32. The number of nitrogens with zero attached hydrogens (tertiary/aromatic N) is 3. The van der Waals surface area contributed by atoms with Crippen LogP contribution in [0.1, 0.15) is 49.9 Å². The van der Waals surface area contributed by atoms with Gasteiger partial charge in [0.1, 0.15) is 0 Å². The van der Waals surface area contributed by atoms with Gasteiger partial charge in [-0.2, -0.15) is 4.98 Å². The lowest BCUT2D eigenvalue weighted by atomic mass is 10.1. The second-order valence-corrected chi connectivity index (χ2v) is 7.17. The van der Waals surface area contributed by atoms with Crippen LogP contribution in [-0.4, -0.2) is 22.6 Å². The van der Waals surface area contributed by atoms with Crippen LogP contribution in [0, 0.1) is 0 Å². The average molecular weight is 377 g/mol. The summed E-state index contributed by atoms with van der Waals surface area (Å²) < 4.78 is 5.27. The fraction of sp³-hybridized carbons (Fsp3) is 0.348. The number of hydrogen-bond donors (Lipinski definition) is 0. The highest BCUT2D eigenvalue weighted by Gasteiger charge is 2.16. The minimum absolute atomic E-state index is 0.116. The van der Waals surface area contributed by atoms with Crippen LogP contribution < -0.4 is 4.90 Å².